The van der Waals surface area contributed by atoms with Crippen LogP contribution in [0.5, 0.6) is 0 Å². The van der Waals surface area contributed by atoms with Gasteiger partial charge in [-0.2, -0.15) is 4.58 Å². The fourth-order valence-electron chi connectivity index (χ4n) is 6.97. The average molecular weight is 540 g/mol. The quantitative estimate of drug-likeness (QED) is 0.187. The minimum Gasteiger partial charge on any atom is -0.283 e. The number of allylic oxidation sites excluding steroid dienone is 6. The number of nitrogens with zero attached hydrogens (tertiary/aromatic N) is 2. The molecule has 206 valence electrons. The number of hydrogen-bond donors (Lipinski definition) is 0. The summed E-state index contributed by atoms with van der Waals surface area (Å²) in [5.41, 5.74) is 6.69. The molecule has 6 rings (SSSR count). The van der Waals surface area contributed by atoms with Gasteiger partial charge in [-0.1, -0.05) is 101 Å². The summed E-state index contributed by atoms with van der Waals surface area (Å²) in [5.74, 6) is 0.0157. The molecule has 0 spiro atoms. The van der Waals surface area contributed by atoms with Crippen LogP contribution in [0, 0.1) is 5.92 Å². The van der Waals surface area contributed by atoms with E-state index < -0.39 is 0 Å². The molecule has 2 aliphatic heterocycles. The summed E-state index contributed by atoms with van der Waals surface area (Å²) >= 11 is 0. The van der Waals surface area contributed by atoms with Crippen molar-refractivity contribution in [2.45, 2.75) is 52.4 Å². The molecule has 4 aromatic carbocycles. The standard InChI is InChI=1S/C38H39N2O/c1-25(2)36(41)40-31-24-22-27-16-12-14-18-29(27)35(31)38(5,6)33(40)20-10-8-9-19-32-37(3,4)34-28-17-13-11-15-26(28)21-23-30(34)39(32)7/h8-25H,1-7H3/q+1. The van der Waals surface area contributed by atoms with Gasteiger partial charge in [-0.3, -0.25) is 9.69 Å². The van der Waals surface area contributed by atoms with Crippen LogP contribution in [0.3, 0.4) is 0 Å². The van der Waals surface area contributed by atoms with Crippen molar-refractivity contribution >= 4 is 44.5 Å². The third-order valence-electron chi connectivity index (χ3n) is 8.99. The number of amides is 1. The van der Waals surface area contributed by atoms with Crippen LogP contribution in [-0.4, -0.2) is 23.2 Å². The Balaban J connectivity index is 1.36. The van der Waals surface area contributed by atoms with Gasteiger partial charge < -0.3 is 0 Å². The van der Waals surface area contributed by atoms with Crippen LogP contribution in [-0.2, 0) is 15.6 Å². The molecule has 0 radical (unpaired) electrons. The van der Waals surface area contributed by atoms with Gasteiger partial charge >= 0.3 is 0 Å². The van der Waals surface area contributed by atoms with E-state index in [4.69, 9.17) is 0 Å². The molecule has 0 aromatic heterocycles. The Kier molecular flexibility index (Phi) is 6.37. The molecular weight excluding hydrogens is 500 g/mol. The van der Waals surface area contributed by atoms with Crippen molar-refractivity contribution in [3.8, 4) is 0 Å². The van der Waals surface area contributed by atoms with Crippen LogP contribution in [0.4, 0.5) is 11.4 Å². The number of carbonyl (C=O) groups is 1. The van der Waals surface area contributed by atoms with E-state index in [0.717, 1.165) is 11.4 Å². The van der Waals surface area contributed by atoms with Gasteiger partial charge in [-0.25, -0.2) is 0 Å². The predicted octanol–water partition coefficient (Wildman–Crippen LogP) is 8.98. The summed E-state index contributed by atoms with van der Waals surface area (Å²) < 4.78 is 2.31. The van der Waals surface area contributed by atoms with E-state index in [-0.39, 0.29) is 22.7 Å². The zero-order valence-electron chi connectivity index (χ0n) is 25.2. The minimum atomic E-state index is -0.320. The second kappa shape index (κ2) is 9.69. The van der Waals surface area contributed by atoms with E-state index in [1.165, 1.54) is 44.1 Å². The Morgan fingerprint density at radius 3 is 2.02 bits per heavy atom. The number of hydrogen-bond acceptors (Lipinski definition) is 1. The average Bonchev–Trinajstić information content (AvgIpc) is 3.30. The molecule has 3 nitrogen and oxygen atoms in total. The Bertz CT molecular complexity index is 1850. The van der Waals surface area contributed by atoms with E-state index in [9.17, 15) is 4.79 Å². The van der Waals surface area contributed by atoms with E-state index >= 15 is 0 Å². The van der Waals surface area contributed by atoms with Crippen molar-refractivity contribution in [3.05, 3.63) is 120 Å². The van der Waals surface area contributed by atoms with E-state index in [1.54, 1.807) is 0 Å². The second-order valence-corrected chi connectivity index (χ2v) is 12.7. The first-order valence-electron chi connectivity index (χ1n) is 14.6. The third kappa shape index (κ3) is 4.10. The fourth-order valence-corrected chi connectivity index (χ4v) is 6.97. The van der Waals surface area contributed by atoms with E-state index in [0.29, 0.717) is 0 Å². The zero-order valence-corrected chi connectivity index (χ0v) is 25.2. The maximum Gasteiger partial charge on any atom is 0.233 e. The zero-order chi connectivity index (χ0) is 29.1. The fraction of sp³-hybridized carbons (Fsp3) is 0.263. The molecular formula is C38H39N2O+. The van der Waals surface area contributed by atoms with Crippen LogP contribution in [0.2, 0.25) is 0 Å². The lowest BCUT2D eigenvalue weighted by Gasteiger charge is -2.26. The molecule has 41 heavy (non-hydrogen) atoms. The van der Waals surface area contributed by atoms with Gasteiger partial charge in [0.2, 0.25) is 11.6 Å². The first kappa shape index (κ1) is 27.0. The number of rotatable bonds is 4. The Hall–Kier alpha value is -4.24. The van der Waals surface area contributed by atoms with Crippen LogP contribution in [0.15, 0.2) is 109 Å². The Labute approximate surface area is 243 Å². The van der Waals surface area contributed by atoms with Crippen LogP contribution >= 0.6 is 0 Å². The smallest absolute Gasteiger partial charge is 0.233 e. The molecule has 2 heterocycles. The number of carbonyl (C=O) groups excluding carboxylic acids is 1. The maximum absolute atomic E-state index is 13.6. The summed E-state index contributed by atoms with van der Waals surface area (Å²) in [4.78, 5) is 15.5. The van der Waals surface area contributed by atoms with Crippen molar-refractivity contribution < 1.29 is 9.37 Å². The molecule has 0 N–H and O–H groups in total. The van der Waals surface area contributed by atoms with Crippen LogP contribution in [0.25, 0.3) is 21.5 Å². The maximum atomic E-state index is 13.6. The molecule has 0 fully saturated rings. The Morgan fingerprint density at radius 2 is 1.37 bits per heavy atom. The summed E-state index contributed by atoms with van der Waals surface area (Å²) in [6, 6.07) is 25.8. The van der Waals surface area contributed by atoms with Gasteiger partial charge in [0, 0.05) is 34.7 Å². The van der Waals surface area contributed by atoms with Crippen molar-refractivity contribution in [1.82, 2.24) is 0 Å². The highest BCUT2D eigenvalue weighted by Crippen LogP contribution is 2.51. The number of benzene rings is 4. The lowest BCUT2D eigenvalue weighted by molar-refractivity contribution is -0.401. The lowest BCUT2D eigenvalue weighted by Crippen LogP contribution is -2.34. The van der Waals surface area contributed by atoms with Crippen molar-refractivity contribution in [2.24, 2.45) is 5.92 Å². The SMILES string of the molecule is CC(C)C(=O)N1C(=CC=CC=CC2=[N+](C)c3ccc4ccccc4c3C2(C)C)C(C)(C)c2c1ccc1ccccc21. The van der Waals surface area contributed by atoms with Crippen molar-refractivity contribution in [3.63, 3.8) is 0 Å². The topological polar surface area (TPSA) is 23.3 Å². The van der Waals surface area contributed by atoms with Gasteiger partial charge in [0.15, 0.2) is 5.71 Å². The summed E-state index contributed by atoms with van der Waals surface area (Å²) in [6.45, 7) is 13.0. The lowest BCUT2D eigenvalue weighted by atomic mass is 9.79. The molecule has 2 aliphatic rings. The second-order valence-electron chi connectivity index (χ2n) is 12.7. The molecule has 3 heteroatoms. The van der Waals surface area contributed by atoms with Crippen LogP contribution in [0.1, 0.15) is 52.7 Å². The minimum absolute atomic E-state index is 0.107. The Morgan fingerprint density at radius 1 is 0.756 bits per heavy atom. The molecule has 0 atom stereocenters. The van der Waals surface area contributed by atoms with Gasteiger partial charge in [0.05, 0.1) is 11.1 Å². The monoisotopic (exact) mass is 539 g/mol. The summed E-state index contributed by atoms with van der Waals surface area (Å²) in [6.07, 6.45) is 10.6. The van der Waals surface area contributed by atoms with Crippen molar-refractivity contribution in [2.75, 3.05) is 11.9 Å². The highest BCUT2D eigenvalue weighted by Gasteiger charge is 2.45. The van der Waals surface area contributed by atoms with E-state index in [1.807, 2.05) is 18.7 Å². The van der Waals surface area contributed by atoms with Crippen molar-refractivity contribution in [1.29, 1.82) is 0 Å². The molecule has 0 saturated carbocycles. The van der Waals surface area contributed by atoms with Crippen LogP contribution < -0.4 is 4.90 Å². The normalized spacial score (nSPS) is 18.5. The molecule has 1 amide bonds. The van der Waals surface area contributed by atoms with Gasteiger partial charge in [0.25, 0.3) is 0 Å². The molecule has 0 unspecified atom stereocenters. The first-order valence-corrected chi connectivity index (χ1v) is 14.6. The molecule has 0 saturated heterocycles. The highest BCUT2D eigenvalue weighted by molar-refractivity contribution is 6.08. The highest BCUT2D eigenvalue weighted by atomic mass is 16.2. The third-order valence-corrected chi connectivity index (χ3v) is 8.99. The van der Waals surface area contributed by atoms with Gasteiger partial charge in [0.1, 0.15) is 7.05 Å². The number of anilines is 1. The first-order chi connectivity index (χ1) is 19.5. The van der Waals surface area contributed by atoms with Gasteiger partial charge in [-0.15, -0.1) is 0 Å². The number of fused-ring (bicyclic) bond motifs is 6. The predicted molar refractivity (Wildman–Crippen MR) is 173 cm³/mol. The molecule has 4 aromatic rings. The summed E-state index contributed by atoms with van der Waals surface area (Å²) in [5, 5.41) is 5.00. The summed E-state index contributed by atoms with van der Waals surface area (Å²) in [7, 11) is 2.16. The molecule has 0 bridgehead atoms. The molecule has 0 aliphatic carbocycles. The van der Waals surface area contributed by atoms with E-state index in [2.05, 4.69) is 142 Å². The largest absolute Gasteiger partial charge is 0.283 e. The van der Waals surface area contributed by atoms with Gasteiger partial charge in [-0.05, 0) is 59.2 Å².